The predicted molar refractivity (Wildman–Crippen MR) is 140 cm³/mol. The first-order valence-corrected chi connectivity index (χ1v) is 12.8. The lowest BCUT2D eigenvalue weighted by atomic mass is 9.65. The van der Waals surface area contributed by atoms with Crippen LogP contribution in [0.4, 0.5) is 15.0 Å². The van der Waals surface area contributed by atoms with E-state index in [1.807, 2.05) is 20.8 Å². The molecule has 1 aliphatic carbocycles. The van der Waals surface area contributed by atoms with Gasteiger partial charge >= 0.3 is 6.09 Å². The summed E-state index contributed by atoms with van der Waals surface area (Å²) in [6, 6.07) is 4.56. The lowest BCUT2D eigenvalue weighted by molar-refractivity contribution is 0.0187. The van der Waals surface area contributed by atoms with Crippen LogP contribution in [0.5, 0.6) is 0 Å². The average molecular weight is 544 g/mol. The predicted octanol–water partition coefficient (Wildman–Crippen LogP) is 4.23. The summed E-state index contributed by atoms with van der Waals surface area (Å²) in [6.45, 7) is 7.05. The number of nitrogens with zero attached hydrogens (tertiary/aromatic N) is 5. The zero-order valence-electron chi connectivity index (χ0n) is 21.6. The van der Waals surface area contributed by atoms with Crippen LogP contribution in [0.3, 0.4) is 0 Å². The van der Waals surface area contributed by atoms with Crippen molar-refractivity contribution in [3.63, 3.8) is 0 Å². The Kier molecular flexibility index (Phi) is 6.37. The van der Waals surface area contributed by atoms with Gasteiger partial charge in [-0.05, 0) is 57.1 Å². The molecule has 3 aromatic rings. The van der Waals surface area contributed by atoms with Crippen LogP contribution in [0.15, 0.2) is 30.6 Å². The molecule has 3 heterocycles. The van der Waals surface area contributed by atoms with Crippen molar-refractivity contribution in [2.75, 3.05) is 18.8 Å². The average Bonchev–Trinajstić information content (AvgIpc) is 3.52. The number of carbonyl (C=O) groups is 2. The Balaban J connectivity index is 1.33. The molecule has 1 aromatic carbocycles. The molecule has 12 heteroatoms. The molecule has 2 amide bonds. The number of ether oxygens (including phenoxy) is 1. The van der Waals surface area contributed by atoms with Crippen molar-refractivity contribution < 1.29 is 18.7 Å². The number of hydrogen-bond acceptors (Lipinski definition) is 6. The number of primary amides is 1. The monoisotopic (exact) mass is 543 g/mol. The summed E-state index contributed by atoms with van der Waals surface area (Å²) >= 11 is 6.08. The van der Waals surface area contributed by atoms with E-state index >= 15 is 0 Å². The van der Waals surface area contributed by atoms with Crippen molar-refractivity contribution in [2.24, 2.45) is 11.1 Å². The van der Waals surface area contributed by atoms with Gasteiger partial charge < -0.3 is 21.1 Å². The second kappa shape index (κ2) is 9.30. The third-order valence-electron chi connectivity index (χ3n) is 7.24. The zero-order valence-corrected chi connectivity index (χ0v) is 22.3. The summed E-state index contributed by atoms with van der Waals surface area (Å²) in [6.07, 6.45) is 5.36. The lowest BCUT2D eigenvalue weighted by Crippen LogP contribution is -2.43. The number of rotatable bonds is 5. The van der Waals surface area contributed by atoms with Crippen molar-refractivity contribution >= 4 is 29.4 Å². The summed E-state index contributed by atoms with van der Waals surface area (Å²) < 4.78 is 22.6. The number of benzene rings is 1. The fraction of sp³-hybridized carbons (Fsp3) is 0.462. The van der Waals surface area contributed by atoms with E-state index in [2.05, 4.69) is 10.2 Å². The number of likely N-dealkylation sites (tertiary alicyclic amines) is 1. The highest BCUT2D eigenvalue weighted by atomic mass is 35.5. The Morgan fingerprint density at radius 2 is 2.03 bits per heavy atom. The molecular weight excluding hydrogens is 513 g/mol. The third kappa shape index (κ3) is 4.82. The number of hydrogen-bond donors (Lipinski definition) is 2. The molecule has 2 aromatic heterocycles. The van der Waals surface area contributed by atoms with Gasteiger partial charge in [0.15, 0.2) is 0 Å². The van der Waals surface area contributed by atoms with Crippen molar-refractivity contribution in [2.45, 2.75) is 58.2 Å². The summed E-state index contributed by atoms with van der Waals surface area (Å²) in [5, 5.41) is 9.04. The topological polar surface area (TPSA) is 134 Å². The molecule has 1 saturated carbocycles. The number of nitrogens with two attached hydrogens (primary N) is 2. The molecule has 1 saturated heterocycles. The Morgan fingerprint density at radius 1 is 1.29 bits per heavy atom. The van der Waals surface area contributed by atoms with Gasteiger partial charge in [-0.3, -0.25) is 9.48 Å². The minimum absolute atomic E-state index is 0.0257. The Bertz CT molecular complexity index is 1400. The molecule has 1 spiro atoms. The van der Waals surface area contributed by atoms with Crippen LogP contribution in [0.1, 0.15) is 62.0 Å². The first-order valence-electron chi connectivity index (χ1n) is 12.5. The first kappa shape index (κ1) is 26.0. The molecule has 10 nitrogen and oxygen atoms in total. The van der Waals surface area contributed by atoms with E-state index in [0.717, 1.165) is 19.3 Å². The van der Waals surface area contributed by atoms with Crippen LogP contribution in [0.2, 0.25) is 5.02 Å². The Morgan fingerprint density at radius 3 is 2.71 bits per heavy atom. The second-order valence-corrected chi connectivity index (χ2v) is 11.6. The number of amides is 2. The number of carbonyl (C=O) groups excluding carboxylic acids is 2. The third-order valence-corrected chi connectivity index (χ3v) is 7.66. The molecule has 2 aliphatic rings. The highest BCUT2D eigenvalue weighted by molar-refractivity contribution is 6.31. The normalized spacial score (nSPS) is 21.1. The summed E-state index contributed by atoms with van der Waals surface area (Å²) in [4.78, 5) is 26.6. The first-order chi connectivity index (χ1) is 17.9. The van der Waals surface area contributed by atoms with Crippen molar-refractivity contribution in [1.82, 2.24) is 24.5 Å². The molecule has 0 atom stereocenters. The molecule has 5 rings (SSSR count). The Labute approximate surface area is 224 Å². The number of nitrogen functional groups attached to an aromatic ring is 1. The maximum absolute atomic E-state index is 13.8. The van der Waals surface area contributed by atoms with Crippen LogP contribution in [-0.2, 0) is 11.3 Å². The molecule has 1 aliphatic heterocycles. The second-order valence-electron chi connectivity index (χ2n) is 11.3. The molecule has 0 bridgehead atoms. The largest absolute Gasteiger partial charge is 0.444 e. The molecule has 202 valence electrons. The smallest absolute Gasteiger partial charge is 0.410 e. The van der Waals surface area contributed by atoms with Crippen LogP contribution in [-0.4, -0.2) is 55.2 Å². The van der Waals surface area contributed by atoms with E-state index in [1.165, 1.54) is 6.07 Å². The van der Waals surface area contributed by atoms with E-state index in [-0.39, 0.29) is 40.5 Å². The molecule has 4 N–H and O–H groups in total. The van der Waals surface area contributed by atoms with Crippen molar-refractivity contribution in [1.29, 1.82) is 0 Å². The summed E-state index contributed by atoms with van der Waals surface area (Å²) in [5.41, 5.74) is 13.1. The van der Waals surface area contributed by atoms with Gasteiger partial charge in [0.05, 0.1) is 23.8 Å². The number of aromatic nitrogens is 4. The standard InChI is InChI=1S/C26H31ClFN7O3/c1-25(2,3)38-24(37)33-8-7-26(14-33)9-17(10-26)35-22(29)19(23(30)36)21(32-35)16-11-31-34(13-16)12-15-5-4-6-18(28)20(15)27/h4-6,11,13,17H,7-10,12,14,29H2,1-3H3,(H2,30,36)/t17-,26-. The Hall–Kier alpha value is -3.60. The van der Waals surface area contributed by atoms with E-state index in [0.29, 0.717) is 29.9 Å². The zero-order chi connectivity index (χ0) is 27.4. The van der Waals surface area contributed by atoms with E-state index in [1.54, 1.807) is 38.8 Å². The van der Waals surface area contributed by atoms with E-state index in [4.69, 9.17) is 27.8 Å². The van der Waals surface area contributed by atoms with Gasteiger partial charge in [0.2, 0.25) is 0 Å². The quantitative estimate of drug-likeness (QED) is 0.494. The summed E-state index contributed by atoms with van der Waals surface area (Å²) in [7, 11) is 0. The maximum Gasteiger partial charge on any atom is 0.410 e. The fourth-order valence-corrected chi connectivity index (χ4v) is 5.64. The number of halogens is 2. The fourth-order valence-electron chi connectivity index (χ4n) is 5.45. The van der Waals surface area contributed by atoms with E-state index < -0.39 is 17.3 Å². The van der Waals surface area contributed by atoms with E-state index in [9.17, 15) is 14.0 Å². The molecule has 2 fully saturated rings. The van der Waals surface area contributed by atoms with Crippen molar-refractivity contribution in [3.05, 3.63) is 52.6 Å². The van der Waals surface area contributed by atoms with Gasteiger partial charge in [-0.1, -0.05) is 23.7 Å². The van der Waals surface area contributed by atoms with Crippen LogP contribution >= 0.6 is 11.6 Å². The van der Waals surface area contributed by atoms with Gasteiger partial charge in [0, 0.05) is 24.8 Å². The minimum Gasteiger partial charge on any atom is -0.444 e. The van der Waals surface area contributed by atoms with Crippen LogP contribution < -0.4 is 11.5 Å². The van der Waals surface area contributed by atoms with Gasteiger partial charge in [-0.15, -0.1) is 0 Å². The molecule has 38 heavy (non-hydrogen) atoms. The van der Waals surface area contributed by atoms with Gasteiger partial charge in [0.1, 0.15) is 28.5 Å². The highest BCUT2D eigenvalue weighted by Gasteiger charge is 2.51. The van der Waals surface area contributed by atoms with Gasteiger partial charge in [-0.2, -0.15) is 10.2 Å². The van der Waals surface area contributed by atoms with Gasteiger partial charge in [-0.25, -0.2) is 13.9 Å². The summed E-state index contributed by atoms with van der Waals surface area (Å²) in [5.74, 6) is -0.986. The highest BCUT2D eigenvalue weighted by Crippen LogP contribution is 2.55. The maximum atomic E-state index is 13.8. The SMILES string of the molecule is CC(C)(C)OC(=O)N1CC[C@]2(C1)C[C@H](n1nc(-c3cnn(Cc4cccc(F)c4Cl)c3)c(C(N)=O)c1N)C2. The van der Waals surface area contributed by atoms with Crippen molar-refractivity contribution in [3.8, 4) is 11.3 Å². The molecule has 0 radical (unpaired) electrons. The lowest BCUT2D eigenvalue weighted by Gasteiger charge is -2.45. The molecule has 0 unspecified atom stereocenters. The van der Waals surface area contributed by atoms with Crippen LogP contribution in [0, 0.1) is 11.2 Å². The minimum atomic E-state index is -0.685. The van der Waals surface area contributed by atoms with Gasteiger partial charge in [0.25, 0.3) is 5.91 Å². The number of anilines is 1. The molecular formula is C26H31ClFN7O3. The van der Waals surface area contributed by atoms with Crippen LogP contribution in [0.25, 0.3) is 11.3 Å².